The monoisotopic (exact) mass is 291 g/mol. The number of anilines is 1. The van der Waals surface area contributed by atoms with E-state index >= 15 is 0 Å². The van der Waals surface area contributed by atoms with Gasteiger partial charge in [-0.05, 0) is 36.7 Å². The van der Waals surface area contributed by atoms with Gasteiger partial charge in [-0.15, -0.1) is 5.10 Å². The van der Waals surface area contributed by atoms with Crippen LogP contribution in [0.3, 0.4) is 0 Å². The van der Waals surface area contributed by atoms with Crippen LogP contribution in [0.4, 0.5) is 5.69 Å². The Morgan fingerprint density at radius 1 is 1.45 bits per heavy atom. The molecule has 0 spiro atoms. The maximum absolute atomic E-state index is 11.7. The molecule has 0 saturated heterocycles. The molecule has 3 rings (SSSR count). The molecular weight excluding hydrogens is 278 g/mol. The third-order valence-electron chi connectivity index (χ3n) is 3.09. The van der Waals surface area contributed by atoms with Crippen molar-refractivity contribution in [3.8, 4) is 0 Å². The largest absolute Gasteiger partial charge is 0.398 e. The number of nitrogens with one attached hydrogen (secondary N) is 1. The Balaban J connectivity index is 2.04. The van der Waals surface area contributed by atoms with Crippen molar-refractivity contribution >= 4 is 23.4 Å². The summed E-state index contributed by atoms with van der Waals surface area (Å²) in [7, 11) is 0. The fourth-order valence-electron chi connectivity index (χ4n) is 1.97. The topological polar surface area (TPSA) is 120 Å². The van der Waals surface area contributed by atoms with Gasteiger partial charge in [0.05, 0.1) is 10.5 Å². The minimum absolute atomic E-state index is 0.186. The Labute approximate surface area is 118 Å². The molecule has 0 unspecified atom stereocenters. The number of H-pyrrole nitrogens is 1. The van der Waals surface area contributed by atoms with Crippen LogP contribution in [0.5, 0.6) is 0 Å². The van der Waals surface area contributed by atoms with Crippen LogP contribution >= 0.6 is 11.8 Å². The quantitative estimate of drug-likeness (QED) is 0.717. The molecule has 7 nitrogen and oxygen atoms in total. The Bertz CT molecular complexity index is 732. The molecule has 1 aliphatic carbocycles. The van der Waals surface area contributed by atoms with E-state index in [4.69, 9.17) is 11.5 Å². The molecule has 1 saturated carbocycles. The number of benzene rings is 1. The van der Waals surface area contributed by atoms with Gasteiger partial charge in [0, 0.05) is 11.7 Å². The highest BCUT2D eigenvalue weighted by Gasteiger charge is 2.29. The van der Waals surface area contributed by atoms with Gasteiger partial charge < -0.3 is 11.5 Å². The van der Waals surface area contributed by atoms with Crippen LogP contribution in [0.2, 0.25) is 0 Å². The summed E-state index contributed by atoms with van der Waals surface area (Å²) >= 11 is 1.18. The highest BCUT2D eigenvalue weighted by Crippen LogP contribution is 2.39. The van der Waals surface area contributed by atoms with Gasteiger partial charge in [0.2, 0.25) is 5.91 Å². The van der Waals surface area contributed by atoms with Gasteiger partial charge in [0.25, 0.3) is 0 Å². The van der Waals surface area contributed by atoms with E-state index in [9.17, 15) is 9.59 Å². The fourth-order valence-corrected chi connectivity index (χ4v) is 3.04. The number of hydrogen-bond acceptors (Lipinski definition) is 5. The minimum Gasteiger partial charge on any atom is -0.398 e. The standard InChI is InChI=1S/C12H13N5O2S/c13-8-3-1-2-7(10(14)18)9(8)20-12-16-15-11(19)17(12)6-4-5-6/h1-3,6H,4-5,13H2,(H2,14,18)(H,15,19). The Hall–Kier alpha value is -2.22. The lowest BCUT2D eigenvalue weighted by Gasteiger charge is -2.09. The molecule has 0 atom stereocenters. The van der Waals surface area contributed by atoms with Gasteiger partial charge in [-0.25, -0.2) is 9.89 Å². The van der Waals surface area contributed by atoms with Crippen molar-refractivity contribution in [1.82, 2.24) is 14.8 Å². The maximum atomic E-state index is 11.7. The molecule has 1 fully saturated rings. The minimum atomic E-state index is -0.560. The molecule has 104 valence electrons. The van der Waals surface area contributed by atoms with Crippen LogP contribution in [0.1, 0.15) is 29.2 Å². The number of primary amides is 1. The molecule has 1 aromatic heterocycles. The highest BCUT2D eigenvalue weighted by atomic mass is 32.2. The first-order valence-corrected chi connectivity index (χ1v) is 6.92. The van der Waals surface area contributed by atoms with Gasteiger partial charge >= 0.3 is 5.69 Å². The highest BCUT2D eigenvalue weighted by molar-refractivity contribution is 7.99. The van der Waals surface area contributed by atoms with Crippen molar-refractivity contribution in [2.45, 2.75) is 28.9 Å². The summed E-state index contributed by atoms with van der Waals surface area (Å²) in [4.78, 5) is 23.7. The lowest BCUT2D eigenvalue weighted by atomic mass is 10.2. The van der Waals surface area contributed by atoms with E-state index in [1.165, 1.54) is 11.8 Å². The van der Waals surface area contributed by atoms with Gasteiger partial charge in [-0.2, -0.15) is 0 Å². The molecule has 0 radical (unpaired) electrons. The molecular formula is C12H13N5O2S. The smallest absolute Gasteiger partial charge is 0.344 e. The molecule has 20 heavy (non-hydrogen) atoms. The fraction of sp³-hybridized carbons (Fsp3) is 0.250. The normalized spacial score (nSPS) is 14.4. The average molecular weight is 291 g/mol. The lowest BCUT2D eigenvalue weighted by Crippen LogP contribution is -2.16. The van der Waals surface area contributed by atoms with Crippen molar-refractivity contribution in [2.75, 3.05) is 5.73 Å². The number of nitrogens with two attached hydrogens (primary N) is 2. The Morgan fingerprint density at radius 3 is 2.85 bits per heavy atom. The van der Waals surface area contributed by atoms with Crippen molar-refractivity contribution in [3.63, 3.8) is 0 Å². The molecule has 8 heteroatoms. The van der Waals surface area contributed by atoms with E-state index in [1.54, 1.807) is 22.8 Å². The summed E-state index contributed by atoms with van der Waals surface area (Å²) in [6.45, 7) is 0. The van der Waals surface area contributed by atoms with Crippen LogP contribution in [0.15, 0.2) is 33.0 Å². The van der Waals surface area contributed by atoms with Gasteiger partial charge in [-0.3, -0.25) is 9.36 Å². The number of nitrogen functional groups attached to an aromatic ring is 1. The van der Waals surface area contributed by atoms with E-state index in [0.717, 1.165) is 12.8 Å². The average Bonchev–Trinajstić information content (AvgIpc) is 3.17. The summed E-state index contributed by atoms with van der Waals surface area (Å²) in [6.07, 6.45) is 1.92. The van der Waals surface area contributed by atoms with Gasteiger partial charge in [-0.1, -0.05) is 6.07 Å². The number of aromatic nitrogens is 3. The second-order valence-corrected chi connectivity index (χ2v) is 5.58. The van der Waals surface area contributed by atoms with Crippen molar-refractivity contribution in [3.05, 3.63) is 34.2 Å². The van der Waals surface area contributed by atoms with Crippen molar-refractivity contribution in [1.29, 1.82) is 0 Å². The van der Waals surface area contributed by atoms with Crippen LogP contribution in [-0.2, 0) is 0 Å². The zero-order valence-corrected chi connectivity index (χ0v) is 11.3. The van der Waals surface area contributed by atoms with E-state index in [0.29, 0.717) is 21.3 Å². The van der Waals surface area contributed by atoms with Crippen molar-refractivity contribution < 1.29 is 4.79 Å². The first-order valence-electron chi connectivity index (χ1n) is 6.11. The summed E-state index contributed by atoms with van der Waals surface area (Å²) in [5.41, 5.74) is 11.8. The number of aromatic amines is 1. The number of carbonyl (C=O) groups is 1. The number of carbonyl (C=O) groups excluding carboxylic acids is 1. The van der Waals surface area contributed by atoms with Crippen LogP contribution < -0.4 is 17.2 Å². The van der Waals surface area contributed by atoms with Gasteiger partial charge in [0.1, 0.15) is 0 Å². The SMILES string of the molecule is NC(=O)c1cccc(N)c1Sc1n[nH]c(=O)n1C1CC1. The van der Waals surface area contributed by atoms with E-state index in [-0.39, 0.29) is 11.7 Å². The zero-order valence-electron chi connectivity index (χ0n) is 10.5. The second-order valence-electron chi connectivity index (χ2n) is 4.60. The summed E-state index contributed by atoms with van der Waals surface area (Å²) in [5, 5.41) is 6.92. The molecule has 1 heterocycles. The van der Waals surface area contributed by atoms with Crippen LogP contribution in [0, 0.1) is 0 Å². The Kier molecular flexibility index (Phi) is 3.01. The molecule has 0 aliphatic heterocycles. The third kappa shape index (κ3) is 2.18. The van der Waals surface area contributed by atoms with Crippen molar-refractivity contribution in [2.24, 2.45) is 5.73 Å². The summed E-state index contributed by atoms with van der Waals surface area (Å²) in [6, 6.07) is 5.14. The number of hydrogen-bond donors (Lipinski definition) is 3. The van der Waals surface area contributed by atoms with Crippen LogP contribution in [0.25, 0.3) is 0 Å². The molecule has 1 aliphatic rings. The molecule has 5 N–H and O–H groups in total. The molecule has 1 aromatic carbocycles. The molecule has 1 amide bonds. The predicted octanol–water partition coefficient (Wildman–Crippen LogP) is 0.739. The summed E-state index contributed by atoms with van der Waals surface area (Å²) in [5.74, 6) is -0.560. The second kappa shape index (κ2) is 4.71. The summed E-state index contributed by atoms with van der Waals surface area (Å²) < 4.78 is 1.60. The third-order valence-corrected chi connectivity index (χ3v) is 4.22. The molecule has 0 bridgehead atoms. The lowest BCUT2D eigenvalue weighted by molar-refractivity contribution is 0.0997. The predicted molar refractivity (Wildman–Crippen MR) is 74.6 cm³/mol. The van der Waals surface area contributed by atoms with Gasteiger partial charge in [0.15, 0.2) is 5.16 Å². The number of amides is 1. The van der Waals surface area contributed by atoms with E-state index < -0.39 is 5.91 Å². The number of rotatable bonds is 4. The molecule has 2 aromatic rings. The number of nitrogens with zero attached hydrogens (tertiary/aromatic N) is 2. The van der Waals surface area contributed by atoms with Crippen LogP contribution in [-0.4, -0.2) is 20.7 Å². The Morgan fingerprint density at radius 2 is 2.20 bits per heavy atom. The van der Waals surface area contributed by atoms with E-state index in [2.05, 4.69) is 10.2 Å². The maximum Gasteiger partial charge on any atom is 0.344 e. The first kappa shape index (κ1) is 12.8. The first-order chi connectivity index (χ1) is 9.58. The van der Waals surface area contributed by atoms with E-state index in [1.807, 2.05) is 0 Å². The zero-order chi connectivity index (χ0) is 14.3.